The molecular weight excluding hydrogens is 282 g/mol. The van der Waals surface area contributed by atoms with E-state index in [0.717, 1.165) is 23.1 Å². The van der Waals surface area contributed by atoms with E-state index in [1.807, 2.05) is 42.5 Å². The van der Waals surface area contributed by atoms with E-state index >= 15 is 0 Å². The first-order valence-electron chi connectivity index (χ1n) is 6.93. The molecule has 3 rings (SSSR count). The summed E-state index contributed by atoms with van der Waals surface area (Å²) in [4.78, 5) is 8.63. The summed E-state index contributed by atoms with van der Waals surface area (Å²) < 4.78 is 0. The number of nitrogens with one attached hydrogen (secondary N) is 1. The van der Waals surface area contributed by atoms with Crippen molar-refractivity contribution in [1.82, 2.24) is 9.97 Å². The molecular formula is C17H16ClN3. The average Bonchev–Trinajstić information content (AvgIpc) is 2.55. The van der Waals surface area contributed by atoms with E-state index in [4.69, 9.17) is 11.6 Å². The number of aromatic nitrogens is 2. The molecule has 0 amide bonds. The predicted molar refractivity (Wildman–Crippen MR) is 87.8 cm³/mol. The number of hydrogen-bond acceptors (Lipinski definition) is 3. The molecule has 1 heterocycles. The molecule has 0 radical (unpaired) electrons. The number of halogens is 1. The molecule has 3 aromatic rings. The Hall–Kier alpha value is -2.13. The summed E-state index contributed by atoms with van der Waals surface area (Å²) in [5, 5.41) is 4.45. The number of hydrogen-bond donors (Lipinski definition) is 1. The number of fused-ring (bicyclic) bond motifs is 1. The lowest BCUT2D eigenvalue weighted by molar-refractivity contribution is 0.792. The van der Waals surface area contributed by atoms with E-state index in [9.17, 15) is 0 Å². The summed E-state index contributed by atoms with van der Waals surface area (Å²) in [5.74, 6) is 1.36. The minimum Gasteiger partial charge on any atom is -0.365 e. The second kappa shape index (κ2) is 6.55. The van der Waals surface area contributed by atoms with Crippen LogP contribution in [0.3, 0.4) is 0 Å². The third-order valence-corrected chi connectivity index (χ3v) is 3.77. The Morgan fingerprint density at radius 1 is 0.952 bits per heavy atom. The third-order valence-electron chi connectivity index (χ3n) is 3.39. The number of para-hydroxylation sites is 1. The van der Waals surface area contributed by atoms with Crippen LogP contribution in [0.2, 0.25) is 0 Å². The maximum atomic E-state index is 6.11. The number of benzene rings is 2. The van der Waals surface area contributed by atoms with Gasteiger partial charge in [0.05, 0.1) is 5.52 Å². The van der Waals surface area contributed by atoms with Crippen LogP contribution in [0.15, 0.2) is 60.9 Å². The zero-order chi connectivity index (χ0) is 14.5. The van der Waals surface area contributed by atoms with Gasteiger partial charge in [0.25, 0.3) is 0 Å². The molecule has 0 spiro atoms. The molecule has 0 aliphatic carbocycles. The van der Waals surface area contributed by atoms with Crippen LogP contribution in [0.5, 0.6) is 0 Å². The first-order valence-corrected chi connectivity index (χ1v) is 7.46. The van der Waals surface area contributed by atoms with Crippen molar-refractivity contribution in [2.45, 2.75) is 12.5 Å². The van der Waals surface area contributed by atoms with E-state index in [1.54, 1.807) is 6.33 Å². The molecule has 1 aromatic heterocycles. The van der Waals surface area contributed by atoms with Crippen LogP contribution in [0, 0.1) is 0 Å². The van der Waals surface area contributed by atoms with Gasteiger partial charge in [-0.1, -0.05) is 42.5 Å². The number of alkyl halides is 1. The van der Waals surface area contributed by atoms with E-state index in [0.29, 0.717) is 5.88 Å². The van der Waals surface area contributed by atoms with Crippen molar-refractivity contribution in [3.63, 3.8) is 0 Å². The zero-order valence-corrected chi connectivity index (χ0v) is 12.3. The Bertz CT molecular complexity index is 710. The fourth-order valence-electron chi connectivity index (χ4n) is 2.36. The number of anilines is 1. The molecule has 1 atom stereocenters. The lowest BCUT2D eigenvalue weighted by atomic mass is 10.1. The molecule has 0 aliphatic rings. The Balaban J connectivity index is 1.82. The van der Waals surface area contributed by atoms with E-state index < -0.39 is 0 Å². The Labute approximate surface area is 129 Å². The van der Waals surface area contributed by atoms with E-state index in [-0.39, 0.29) is 6.04 Å². The summed E-state index contributed by atoms with van der Waals surface area (Å²) in [6.45, 7) is 0. The van der Waals surface area contributed by atoms with Gasteiger partial charge in [0.2, 0.25) is 0 Å². The van der Waals surface area contributed by atoms with Crippen LogP contribution >= 0.6 is 11.6 Å². The topological polar surface area (TPSA) is 37.8 Å². The highest BCUT2D eigenvalue weighted by molar-refractivity contribution is 6.18. The molecule has 4 heteroatoms. The standard InChI is InChI=1S/C17H16ClN3/c18-11-14(10-13-6-2-1-3-7-13)21-17-15-8-4-5-9-16(15)19-12-20-17/h1-9,12,14H,10-11H2,(H,19,20,21). The highest BCUT2D eigenvalue weighted by Gasteiger charge is 2.11. The van der Waals surface area contributed by atoms with E-state index in [2.05, 4.69) is 27.4 Å². The molecule has 21 heavy (non-hydrogen) atoms. The Kier molecular flexibility index (Phi) is 4.31. The Morgan fingerprint density at radius 3 is 2.52 bits per heavy atom. The number of rotatable bonds is 5. The van der Waals surface area contributed by atoms with Gasteiger partial charge in [-0.2, -0.15) is 0 Å². The van der Waals surface area contributed by atoms with Crippen molar-refractivity contribution in [2.24, 2.45) is 0 Å². The lowest BCUT2D eigenvalue weighted by Crippen LogP contribution is -2.24. The van der Waals surface area contributed by atoms with Crippen molar-refractivity contribution in [1.29, 1.82) is 0 Å². The van der Waals surface area contributed by atoms with Crippen molar-refractivity contribution in [3.05, 3.63) is 66.5 Å². The van der Waals surface area contributed by atoms with Gasteiger partial charge in [0, 0.05) is 17.3 Å². The van der Waals surface area contributed by atoms with Crippen molar-refractivity contribution < 1.29 is 0 Å². The van der Waals surface area contributed by atoms with Gasteiger partial charge in [0.1, 0.15) is 12.1 Å². The maximum absolute atomic E-state index is 6.11. The van der Waals surface area contributed by atoms with Gasteiger partial charge in [-0.05, 0) is 24.1 Å². The maximum Gasteiger partial charge on any atom is 0.137 e. The highest BCUT2D eigenvalue weighted by Crippen LogP contribution is 2.20. The van der Waals surface area contributed by atoms with Crippen molar-refractivity contribution >= 4 is 28.3 Å². The molecule has 1 unspecified atom stereocenters. The predicted octanol–water partition coefficient (Wildman–Crippen LogP) is 3.89. The van der Waals surface area contributed by atoms with Gasteiger partial charge in [-0.3, -0.25) is 0 Å². The average molecular weight is 298 g/mol. The summed E-state index contributed by atoms with van der Waals surface area (Å²) in [7, 11) is 0. The zero-order valence-electron chi connectivity index (χ0n) is 11.5. The molecule has 106 valence electrons. The summed E-state index contributed by atoms with van der Waals surface area (Å²) >= 11 is 6.11. The summed E-state index contributed by atoms with van der Waals surface area (Å²) in [5.41, 5.74) is 2.19. The largest absolute Gasteiger partial charge is 0.365 e. The summed E-state index contributed by atoms with van der Waals surface area (Å²) in [6, 6.07) is 18.4. The summed E-state index contributed by atoms with van der Waals surface area (Å²) in [6.07, 6.45) is 2.45. The van der Waals surface area contributed by atoms with Gasteiger partial charge in [-0.25, -0.2) is 9.97 Å². The lowest BCUT2D eigenvalue weighted by Gasteiger charge is -2.17. The monoisotopic (exact) mass is 297 g/mol. The van der Waals surface area contributed by atoms with Gasteiger partial charge >= 0.3 is 0 Å². The molecule has 0 aliphatic heterocycles. The molecule has 0 fully saturated rings. The molecule has 1 N–H and O–H groups in total. The van der Waals surface area contributed by atoms with Crippen LogP contribution in [-0.2, 0) is 6.42 Å². The molecule has 3 nitrogen and oxygen atoms in total. The van der Waals surface area contributed by atoms with Crippen LogP contribution in [0.1, 0.15) is 5.56 Å². The van der Waals surface area contributed by atoms with E-state index in [1.165, 1.54) is 5.56 Å². The molecule has 0 bridgehead atoms. The van der Waals surface area contributed by atoms with Gasteiger partial charge in [0.15, 0.2) is 0 Å². The first kappa shape index (κ1) is 13.8. The van der Waals surface area contributed by atoms with Crippen LogP contribution in [0.25, 0.3) is 10.9 Å². The fourth-order valence-corrected chi connectivity index (χ4v) is 2.54. The van der Waals surface area contributed by atoms with Crippen LogP contribution in [-0.4, -0.2) is 21.9 Å². The van der Waals surface area contributed by atoms with Gasteiger partial charge in [-0.15, -0.1) is 11.6 Å². The minimum atomic E-state index is 0.132. The second-order valence-corrected chi connectivity index (χ2v) is 5.23. The van der Waals surface area contributed by atoms with Crippen molar-refractivity contribution in [3.8, 4) is 0 Å². The SMILES string of the molecule is ClCC(Cc1ccccc1)Nc1ncnc2ccccc12. The quantitative estimate of drug-likeness (QED) is 0.726. The second-order valence-electron chi connectivity index (χ2n) is 4.92. The fraction of sp³-hybridized carbons (Fsp3) is 0.176. The Morgan fingerprint density at radius 2 is 1.71 bits per heavy atom. The molecule has 0 saturated carbocycles. The molecule has 2 aromatic carbocycles. The smallest absolute Gasteiger partial charge is 0.137 e. The minimum absolute atomic E-state index is 0.132. The highest BCUT2D eigenvalue weighted by atomic mass is 35.5. The normalized spacial score (nSPS) is 12.2. The molecule has 0 saturated heterocycles. The van der Waals surface area contributed by atoms with Crippen LogP contribution < -0.4 is 5.32 Å². The first-order chi connectivity index (χ1) is 10.4. The van der Waals surface area contributed by atoms with Gasteiger partial charge < -0.3 is 5.32 Å². The van der Waals surface area contributed by atoms with Crippen LogP contribution in [0.4, 0.5) is 5.82 Å². The van der Waals surface area contributed by atoms with Crippen molar-refractivity contribution in [2.75, 3.05) is 11.2 Å². The number of nitrogens with zero attached hydrogens (tertiary/aromatic N) is 2. The third kappa shape index (κ3) is 3.31.